The Balaban J connectivity index is 1.05. The Bertz CT molecular complexity index is 2710. The van der Waals surface area contributed by atoms with Gasteiger partial charge in [0.1, 0.15) is 12.1 Å². The van der Waals surface area contributed by atoms with Gasteiger partial charge < -0.3 is 34.1 Å². The van der Waals surface area contributed by atoms with E-state index in [1.807, 2.05) is 32.2 Å². The highest BCUT2D eigenvalue weighted by molar-refractivity contribution is 7.10. The topological polar surface area (TPSA) is 172 Å². The van der Waals surface area contributed by atoms with Gasteiger partial charge >= 0.3 is 12.0 Å². The smallest absolute Gasteiger partial charge is 0.320 e. The van der Waals surface area contributed by atoms with Crippen LogP contribution in [-0.2, 0) is 48.0 Å². The number of fused-ring (bicyclic) bond motifs is 5. The van der Waals surface area contributed by atoms with Crippen molar-refractivity contribution in [2.24, 2.45) is 22.7 Å². The number of hydrazine groups is 1. The van der Waals surface area contributed by atoms with Crippen LogP contribution < -0.4 is 10.7 Å². The van der Waals surface area contributed by atoms with Crippen LogP contribution in [0.1, 0.15) is 102 Å². The minimum absolute atomic E-state index is 0.0554. The van der Waals surface area contributed by atoms with Gasteiger partial charge in [0.15, 0.2) is 0 Å². The second kappa shape index (κ2) is 19.8. The lowest BCUT2D eigenvalue weighted by Crippen LogP contribution is -2.66. The van der Waals surface area contributed by atoms with Crippen molar-refractivity contribution in [3.05, 3.63) is 70.8 Å². The number of hydrogen-bond acceptors (Lipinski definition) is 11. The van der Waals surface area contributed by atoms with E-state index in [1.54, 1.807) is 35.2 Å². The summed E-state index contributed by atoms with van der Waals surface area (Å²) in [6.45, 7) is 19.5. The first-order valence-electron chi connectivity index (χ1n) is 25.5. The Morgan fingerprint density at radius 1 is 1.07 bits per heavy atom. The summed E-state index contributed by atoms with van der Waals surface area (Å²) in [6.07, 6.45) is 7.72. The fraction of sp³-hybridized carbons (Fsp3) is 0.574. The molecular formula is C54H71N9O7S. The molecule has 16 nitrogen and oxygen atoms in total. The highest BCUT2D eigenvalue weighted by atomic mass is 32.1. The molecule has 2 spiro atoms. The van der Waals surface area contributed by atoms with E-state index in [0.29, 0.717) is 76.4 Å². The standard InChI is InChI=1S/C54H71N9O7S/c1-10-44(64)60-24-20-53(21-25-60)30-61(31-53)51(68)59(8)46(33(3)4)48(65)57-40-27-43-56-41(29-71-43)35-16-17-42-37(26-35)38(47(62(42)11-2)36-14-12-22-55-45(36)34(5)69-9)28-52(6,7)32-70-50(67)39-15-13-23-63(49(40)66)58-54(39)18-19-54/h10,12,14,16-17,22,26,29,33-34,39-40,46,58H,1,11,13,15,18-21,23-25,27-28,30-32H2,2-9H3,(H,57,65)/t34-,39-,40-,46?/m0/s1. The molecule has 9 rings (SSSR count). The summed E-state index contributed by atoms with van der Waals surface area (Å²) in [5, 5.41) is 8.49. The number of pyridine rings is 1. The number of rotatable bonds is 9. The van der Waals surface area contributed by atoms with Crippen molar-refractivity contribution in [1.29, 1.82) is 0 Å². The Labute approximate surface area is 421 Å². The molecule has 4 fully saturated rings. The van der Waals surface area contributed by atoms with Crippen LogP contribution in [0.5, 0.6) is 0 Å². The number of benzene rings is 1. The Morgan fingerprint density at radius 2 is 1.82 bits per heavy atom. The Kier molecular flexibility index (Phi) is 14.0. The van der Waals surface area contributed by atoms with E-state index in [9.17, 15) is 19.2 Å². The second-order valence-corrected chi connectivity index (χ2v) is 22.8. The normalized spacial score (nSPS) is 22.6. The first-order valence-corrected chi connectivity index (χ1v) is 26.4. The Morgan fingerprint density at radius 3 is 2.49 bits per heavy atom. The number of aromatic nitrogens is 3. The van der Waals surface area contributed by atoms with Gasteiger partial charge in [0.2, 0.25) is 11.8 Å². The molecule has 4 aromatic rings. The number of nitrogens with one attached hydrogen (secondary N) is 2. The number of thiazole rings is 1. The third-order valence-corrected chi connectivity index (χ3v) is 16.8. The highest BCUT2D eigenvalue weighted by Crippen LogP contribution is 2.48. The van der Waals surface area contributed by atoms with E-state index in [0.717, 1.165) is 57.5 Å². The molecule has 5 amide bonds. The molecule has 7 heterocycles. The number of hydrogen-bond donors (Lipinski definition) is 2. The van der Waals surface area contributed by atoms with Crippen LogP contribution in [0.2, 0.25) is 0 Å². The summed E-state index contributed by atoms with van der Waals surface area (Å²) >= 11 is 1.44. The number of amides is 5. The number of urea groups is 1. The molecule has 1 aromatic carbocycles. The molecule has 4 aliphatic heterocycles. The summed E-state index contributed by atoms with van der Waals surface area (Å²) in [5.41, 5.74) is 9.07. The average Bonchev–Trinajstić information content (AvgIpc) is 3.93. The number of methoxy groups -OCH3 is 1. The fourth-order valence-corrected chi connectivity index (χ4v) is 12.6. The van der Waals surface area contributed by atoms with E-state index in [2.05, 4.69) is 66.9 Å². The summed E-state index contributed by atoms with van der Waals surface area (Å²) < 4.78 is 14.5. The lowest BCUT2D eigenvalue weighted by Gasteiger charge is -2.54. The lowest BCUT2D eigenvalue weighted by molar-refractivity contribution is -0.154. The quantitative estimate of drug-likeness (QED) is 0.130. The molecule has 5 aliphatic rings. The molecule has 6 bridgehead atoms. The van der Waals surface area contributed by atoms with E-state index >= 15 is 4.79 Å². The summed E-state index contributed by atoms with van der Waals surface area (Å²) in [4.78, 5) is 85.5. The summed E-state index contributed by atoms with van der Waals surface area (Å²) in [6, 6.07) is 8.34. The average molecular weight is 990 g/mol. The maximum absolute atomic E-state index is 15.0. The van der Waals surface area contributed by atoms with E-state index in [4.69, 9.17) is 19.4 Å². The summed E-state index contributed by atoms with van der Waals surface area (Å²) in [7, 11) is 3.36. The monoisotopic (exact) mass is 990 g/mol. The Hall–Kier alpha value is -5.65. The zero-order valence-corrected chi connectivity index (χ0v) is 43.5. The maximum atomic E-state index is 15.0. The summed E-state index contributed by atoms with van der Waals surface area (Å²) in [5.74, 6) is -1.85. The molecular weight excluding hydrogens is 919 g/mol. The third kappa shape index (κ3) is 9.73. The number of carbonyl (C=O) groups is 5. The van der Waals surface area contributed by atoms with Crippen molar-refractivity contribution < 1.29 is 33.4 Å². The SMILES string of the molecule is C=CC(=O)N1CCC2(CC1)CN(C(=O)N(C)C(C(=O)N[C@H]1Cc3nc(cs3)-c3ccc4c(c3)c(c(-c3cccnc3[C@H](C)OC)n4CC)CC(C)(C)COC(=O)[C@@H]3CCCN(NC34CC4)C1=O)C(C)C)C2. The van der Waals surface area contributed by atoms with Crippen molar-refractivity contribution in [1.82, 2.24) is 45.0 Å². The molecule has 17 heteroatoms. The van der Waals surface area contributed by atoms with E-state index in [-0.39, 0.29) is 54.3 Å². The van der Waals surface area contributed by atoms with Crippen LogP contribution >= 0.6 is 11.3 Å². The number of piperidine rings is 1. The highest BCUT2D eigenvalue weighted by Gasteiger charge is 2.56. The number of likely N-dealkylation sites (N-methyl/N-ethyl adjacent to an activating group) is 1. The molecule has 2 N–H and O–H groups in total. The molecule has 1 saturated carbocycles. The van der Waals surface area contributed by atoms with E-state index < -0.39 is 34.9 Å². The second-order valence-electron chi connectivity index (χ2n) is 21.9. The van der Waals surface area contributed by atoms with Crippen molar-refractivity contribution >= 4 is 52.0 Å². The van der Waals surface area contributed by atoms with Crippen molar-refractivity contribution in [3.8, 4) is 22.5 Å². The van der Waals surface area contributed by atoms with Gasteiger partial charge in [-0.15, -0.1) is 11.3 Å². The van der Waals surface area contributed by atoms with Crippen LogP contribution in [0, 0.1) is 22.7 Å². The van der Waals surface area contributed by atoms with Crippen molar-refractivity contribution in [2.45, 2.75) is 123 Å². The van der Waals surface area contributed by atoms with Gasteiger partial charge in [-0.05, 0) is 101 Å². The number of ether oxygens (including phenoxy) is 2. The van der Waals surface area contributed by atoms with Crippen LogP contribution in [0.3, 0.4) is 0 Å². The van der Waals surface area contributed by atoms with Gasteiger partial charge in [-0.1, -0.05) is 40.3 Å². The number of esters is 1. The zero-order chi connectivity index (χ0) is 50.6. The largest absolute Gasteiger partial charge is 0.465 e. The maximum Gasteiger partial charge on any atom is 0.320 e. The third-order valence-electron chi connectivity index (χ3n) is 15.9. The van der Waals surface area contributed by atoms with Crippen LogP contribution in [0.25, 0.3) is 33.4 Å². The lowest BCUT2D eigenvalue weighted by atomic mass is 9.72. The van der Waals surface area contributed by atoms with Crippen LogP contribution in [0.4, 0.5) is 4.79 Å². The van der Waals surface area contributed by atoms with Gasteiger partial charge in [-0.25, -0.2) is 15.2 Å². The number of carbonyl (C=O) groups excluding carboxylic acids is 5. The van der Waals surface area contributed by atoms with Crippen LogP contribution in [0.15, 0.2) is 54.6 Å². The molecule has 380 valence electrons. The minimum atomic E-state index is -1.03. The minimum Gasteiger partial charge on any atom is -0.465 e. The first-order chi connectivity index (χ1) is 33.9. The van der Waals surface area contributed by atoms with Gasteiger partial charge in [0, 0.05) is 104 Å². The predicted octanol–water partition coefficient (Wildman–Crippen LogP) is 7.17. The van der Waals surface area contributed by atoms with Crippen molar-refractivity contribution in [3.63, 3.8) is 0 Å². The molecule has 3 aromatic heterocycles. The number of aryl methyl sites for hydroxylation is 1. The van der Waals surface area contributed by atoms with Gasteiger partial charge in [0.05, 0.1) is 46.3 Å². The predicted molar refractivity (Wildman–Crippen MR) is 273 cm³/mol. The number of nitrogens with zero attached hydrogens (tertiary/aromatic N) is 7. The van der Waals surface area contributed by atoms with E-state index in [1.165, 1.54) is 22.3 Å². The molecule has 3 saturated heterocycles. The zero-order valence-electron chi connectivity index (χ0n) is 42.7. The molecule has 4 atom stereocenters. The van der Waals surface area contributed by atoms with Gasteiger partial charge in [-0.2, -0.15) is 0 Å². The number of cyclic esters (lactones) is 1. The van der Waals surface area contributed by atoms with Gasteiger partial charge in [-0.3, -0.25) is 29.2 Å². The van der Waals surface area contributed by atoms with Crippen LogP contribution in [-0.4, -0.2) is 135 Å². The van der Waals surface area contributed by atoms with Crippen molar-refractivity contribution in [2.75, 3.05) is 53.5 Å². The molecule has 1 unspecified atom stereocenters. The fourth-order valence-electron chi connectivity index (χ4n) is 11.8. The molecule has 1 aliphatic carbocycles. The molecule has 0 radical (unpaired) electrons. The molecule has 71 heavy (non-hydrogen) atoms. The first kappa shape index (κ1) is 50.3. The number of likely N-dealkylation sites (tertiary alicyclic amines) is 2. The van der Waals surface area contributed by atoms with Gasteiger partial charge in [0.25, 0.3) is 5.91 Å².